The van der Waals surface area contributed by atoms with Gasteiger partial charge in [-0.05, 0) is 60.9 Å². The third-order valence-corrected chi connectivity index (χ3v) is 9.77. The normalized spacial score (nSPS) is 12.5. The molecule has 0 aliphatic carbocycles. The maximum atomic E-state index is 15.1. The summed E-state index contributed by atoms with van der Waals surface area (Å²) in [5.74, 6) is -1.60. The van der Waals surface area contributed by atoms with Gasteiger partial charge in [0.15, 0.2) is 0 Å². The van der Waals surface area contributed by atoms with Crippen LogP contribution >= 0.6 is 11.3 Å². The minimum absolute atomic E-state index is 0.0744. The zero-order valence-corrected chi connectivity index (χ0v) is 28.4. The van der Waals surface area contributed by atoms with E-state index < -0.39 is 41.5 Å². The number of carbonyl (C=O) groups excluding carboxylic acids is 1. The zero-order chi connectivity index (χ0) is 35.4. The van der Waals surface area contributed by atoms with Gasteiger partial charge in [-0.3, -0.25) is 14.2 Å². The second-order valence-electron chi connectivity index (χ2n) is 11.7. The van der Waals surface area contributed by atoms with Gasteiger partial charge >= 0.3 is 11.7 Å². The molecule has 2 amide bonds. The molecule has 50 heavy (non-hydrogen) atoms. The van der Waals surface area contributed by atoms with Crippen LogP contribution in [0.15, 0.2) is 113 Å². The van der Waals surface area contributed by atoms with E-state index in [-0.39, 0.29) is 21.8 Å². The quantitative estimate of drug-likeness (QED) is 0.121. The SMILES string of the molecule is CCC(NC(C)c1c(-c2ccc(NC(=O)NOC)cc2)sc2c1c(=O)n(-c1ccccc1)c(=O)n2Cc1c(F)cccc1F)c1ccccc1. The Bertz CT molecular complexity index is 2230. The van der Waals surface area contributed by atoms with Crippen LogP contribution in [0.5, 0.6) is 0 Å². The van der Waals surface area contributed by atoms with Gasteiger partial charge in [0, 0.05) is 33.8 Å². The molecule has 256 valence electrons. The van der Waals surface area contributed by atoms with E-state index in [0.29, 0.717) is 27.4 Å². The molecule has 6 rings (SSSR count). The Morgan fingerprint density at radius 1 is 0.880 bits per heavy atom. The van der Waals surface area contributed by atoms with E-state index >= 15 is 8.78 Å². The summed E-state index contributed by atoms with van der Waals surface area (Å²) in [5, 5.41) is 6.63. The van der Waals surface area contributed by atoms with Crippen molar-refractivity contribution >= 4 is 33.3 Å². The molecule has 2 heterocycles. The Labute approximate surface area is 290 Å². The van der Waals surface area contributed by atoms with Crippen LogP contribution in [0.4, 0.5) is 19.3 Å². The lowest BCUT2D eigenvalue weighted by Gasteiger charge is -2.24. The predicted octanol–water partition coefficient (Wildman–Crippen LogP) is 7.69. The molecule has 2 aromatic heterocycles. The van der Waals surface area contributed by atoms with Gasteiger partial charge in [-0.1, -0.05) is 73.7 Å². The van der Waals surface area contributed by atoms with Crippen molar-refractivity contribution in [2.24, 2.45) is 0 Å². The van der Waals surface area contributed by atoms with Crippen LogP contribution in [0.2, 0.25) is 0 Å². The molecule has 0 spiro atoms. The molecule has 2 unspecified atom stereocenters. The molecule has 0 aliphatic heterocycles. The molecule has 3 N–H and O–H groups in total. The van der Waals surface area contributed by atoms with Crippen LogP contribution in [0.1, 0.15) is 49.0 Å². The fourth-order valence-electron chi connectivity index (χ4n) is 6.12. The number of para-hydroxylation sites is 1. The first-order valence-corrected chi connectivity index (χ1v) is 16.8. The minimum Gasteiger partial charge on any atom is -0.306 e. The second kappa shape index (κ2) is 15.0. The maximum absolute atomic E-state index is 15.1. The van der Waals surface area contributed by atoms with E-state index in [9.17, 15) is 14.4 Å². The van der Waals surface area contributed by atoms with Gasteiger partial charge in [0.1, 0.15) is 16.5 Å². The molecule has 0 saturated carbocycles. The van der Waals surface area contributed by atoms with Crippen LogP contribution in [0.3, 0.4) is 0 Å². The number of nitrogens with zero attached hydrogens (tertiary/aromatic N) is 2. The summed E-state index contributed by atoms with van der Waals surface area (Å²) in [4.78, 5) is 46.6. The molecular weight excluding hydrogens is 661 g/mol. The Morgan fingerprint density at radius 2 is 1.52 bits per heavy atom. The summed E-state index contributed by atoms with van der Waals surface area (Å²) in [6.45, 7) is 3.58. The first kappa shape index (κ1) is 34.4. The number of hydrogen-bond donors (Lipinski definition) is 3. The minimum atomic E-state index is -0.802. The Balaban J connectivity index is 1.62. The van der Waals surface area contributed by atoms with Crippen molar-refractivity contribution in [3.05, 3.63) is 152 Å². The highest BCUT2D eigenvalue weighted by Crippen LogP contribution is 2.42. The number of hydrogen-bond acceptors (Lipinski definition) is 6. The number of aromatic nitrogens is 2. The molecule has 12 heteroatoms. The fraction of sp³-hybridized carbons (Fsp3) is 0.184. The van der Waals surface area contributed by atoms with Gasteiger partial charge in [-0.15, -0.1) is 11.3 Å². The highest BCUT2D eigenvalue weighted by molar-refractivity contribution is 7.22. The summed E-state index contributed by atoms with van der Waals surface area (Å²) >= 11 is 1.20. The predicted molar refractivity (Wildman–Crippen MR) is 193 cm³/mol. The van der Waals surface area contributed by atoms with Gasteiger partial charge in [0.05, 0.1) is 24.7 Å². The fourth-order valence-corrected chi connectivity index (χ4v) is 7.51. The molecule has 0 bridgehead atoms. The second-order valence-corrected chi connectivity index (χ2v) is 12.7. The summed E-state index contributed by atoms with van der Waals surface area (Å²) in [6, 6.07) is 27.9. The van der Waals surface area contributed by atoms with Crippen LogP contribution in [-0.4, -0.2) is 22.3 Å². The van der Waals surface area contributed by atoms with E-state index in [4.69, 9.17) is 0 Å². The van der Waals surface area contributed by atoms with Crippen LogP contribution < -0.4 is 27.4 Å². The van der Waals surface area contributed by atoms with Crippen molar-refractivity contribution in [2.45, 2.75) is 38.9 Å². The summed E-state index contributed by atoms with van der Waals surface area (Å²) in [7, 11) is 1.33. The van der Waals surface area contributed by atoms with Crippen LogP contribution in [0, 0.1) is 11.6 Å². The molecule has 0 saturated heterocycles. The molecule has 0 aliphatic rings. The number of urea groups is 1. The first-order valence-electron chi connectivity index (χ1n) is 16.0. The number of thiophene rings is 1. The topological polar surface area (TPSA) is 106 Å². The van der Waals surface area contributed by atoms with E-state index in [2.05, 4.69) is 27.9 Å². The highest BCUT2D eigenvalue weighted by atomic mass is 32.1. The first-order chi connectivity index (χ1) is 24.2. The molecule has 2 atom stereocenters. The van der Waals surface area contributed by atoms with Gasteiger partial charge in [0.25, 0.3) is 5.56 Å². The lowest BCUT2D eigenvalue weighted by atomic mass is 9.98. The van der Waals surface area contributed by atoms with Gasteiger partial charge in [0.2, 0.25) is 0 Å². The Morgan fingerprint density at radius 3 is 2.14 bits per heavy atom. The average Bonchev–Trinajstić information content (AvgIpc) is 3.52. The molecular formula is C38H35F2N5O4S. The lowest BCUT2D eigenvalue weighted by molar-refractivity contribution is 0.114. The molecule has 4 aromatic carbocycles. The van der Waals surface area contributed by atoms with Gasteiger partial charge in [-0.25, -0.2) is 28.4 Å². The Kier molecular flexibility index (Phi) is 10.3. The molecule has 0 radical (unpaired) electrons. The summed E-state index contributed by atoms with van der Waals surface area (Å²) < 4.78 is 32.5. The number of rotatable bonds is 11. The van der Waals surface area contributed by atoms with E-state index in [1.54, 1.807) is 54.6 Å². The van der Waals surface area contributed by atoms with Crippen molar-refractivity contribution in [1.29, 1.82) is 0 Å². The smallest absolute Gasteiger partial charge is 0.306 e. The van der Waals surface area contributed by atoms with Gasteiger partial charge in [-0.2, -0.15) is 0 Å². The van der Waals surface area contributed by atoms with Crippen molar-refractivity contribution in [3.63, 3.8) is 0 Å². The van der Waals surface area contributed by atoms with E-state index in [1.807, 2.05) is 37.3 Å². The average molecular weight is 696 g/mol. The van der Waals surface area contributed by atoms with Crippen molar-refractivity contribution in [2.75, 3.05) is 12.4 Å². The molecule has 9 nitrogen and oxygen atoms in total. The highest BCUT2D eigenvalue weighted by Gasteiger charge is 2.28. The standard InChI is InChI=1S/C38H35F2N5O4S/c1-4-31(24-12-7-5-8-13-24)41-23(2)32-33-35(46)45(27-14-9-6-10-15-27)38(48)44(22-28-29(39)16-11-17-30(28)40)36(33)50-34(32)25-18-20-26(21-19-25)42-37(47)43-49-3/h5-21,23,31,41H,4,22H2,1-3H3,(H2,42,43,47). The van der Waals surface area contributed by atoms with Crippen molar-refractivity contribution in [3.8, 4) is 16.1 Å². The number of nitrogens with one attached hydrogen (secondary N) is 3. The van der Waals surface area contributed by atoms with Gasteiger partial charge < -0.3 is 10.6 Å². The van der Waals surface area contributed by atoms with Crippen molar-refractivity contribution in [1.82, 2.24) is 19.9 Å². The lowest BCUT2D eigenvalue weighted by Crippen LogP contribution is -2.39. The summed E-state index contributed by atoms with van der Waals surface area (Å²) in [5.41, 5.74) is 3.87. The largest absolute Gasteiger partial charge is 0.343 e. The number of halogens is 2. The maximum Gasteiger partial charge on any atom is 0.343 e. The van der Waals surface area contributed by atoms with Crippen molar-refractivity contribution < 1.29 is 18.4 Å². The zero-order valence-electron chi connectivity index (χ0n) is 27.6. The summed E-state index contributed by atoms with van der Waals surface area (Å²) in [6.07, 6.45) is 0.751. The number of benzene rings is 4. The molecule has 6 aromatic rings. The third-order valence-electron chi connectivity index (χ3n) is 8.50. The number of amides is 2. The number of fused-ring (bicyclic) bond motifs is 1. The Hall–Kier alpha value is -5.43. The number of carbonyl (C=O) groups is 1. The number of anilines is 1. The van der Waals surface area contributed by atoms with E-state index in [0.717, 1.165) is 28.7 Å². The monoisotopic (exact) mass is 695 g/mol. The van der Waals surface area contributed by atoms with E-state index in [1.165, 1.54) is 29.1 Å². The van der Waals surface area contributed by atoms with Crippen LogP contribution in [-0.2, 0) is 11.4 Å². The third kappa shape index (κ3) is 6.86. The number of hydroxylamine groups is 1. The van der Waals surface area contributed by atoms with Crippen LogP contribution in [0.25, 0.3) is 26.3 Å². The molecule has 0 fully saturated rings.